The maximum Gasteiger partial charge on any atom is 0.260 e. The molecule has 2 saturated heterocycles. The minimum Gasteiger partial charge on any atom is -0.354 e. The lowest BCUT2D eigenvalue weighted by Crippen LogP contribution is -2.47. The van der Waals surface area contributed by atoms with Crippen molar-refractivity contribution in [2.75, 3.05) is 26.2 Å². The number of carbonyl (C=O) groups is 2. The van der Waals surface area contributed by atoms with Crippen molar-refractivity contribution in [1.82, 2.24) is 15.5 Å². The molecular formula is C18H22ClF4N3O2. The molecule has 1 aromatic rings. The summed E-state index contributed by atoms with van der Waals surface area (Å²) in [6.45, 7) is 1.49. The molecule has 2 unspecified atom stereocenters. The largest absolute Gasteiger partial charge is 0.354 e. The minimum absolute atomic E-state index is 0. The summed E-state index contributed by atoms with van der Waals surface area (Å²) in [5.74, 6) is -7.90. The van der Waals surface area contributed by atoms with Crippen molar-refractivity contribution in [3.8, 4) is 0 Å². The van der Waals surface area contributed by atoms with Crippen LogP contribution in [0, 0.1) is 29.2 Å². The Kier molecular flexibility index (Phi) is 7.65. The monoisotopic (exact) mass is 423 g/mol. The molecule has 10 heteroatoms. The van der Waals surface area contributed by atoms with Gasteiger partial charge in [0.25, 0.3) is 5.91 Å². The highest BCUT2D eigenvalue weighted by Crippen LogP contribution is 2.24. The second-order valence-corrected chi connectivity index (χ2v) is 7.00. The van der Waals surface area contributed by atoms with Gasteiger partial charge in [-0.1, -0.05) is 0 Å². The average Bonchev–Trinajstić information content (AvgIpc) is 3.20. The molecule has 0 saturated carbocycles. The number of carbonyl (C=O) groups excluding carboxylic acids is 2. The molecule has 2 amide bonds. The molecule has 2 N–H and O–H groups in total. The fraction of sp³-hybridized carbons (Fsp3) is 0.556. The number of benzene rings is 1. The van der Waals surface area contributed by atoms with Crippen LogP contribution in [0.5, 0.6) is 0 Å². The van der Waals surface area contributed by atoms with E-state index in [0.29, 0.717) is 13.0 Å². The van der Waals surface area contributed by atoms with E-state index in [2.05, 4.69) is 10.6 Å². The van der Waals surface area contributed by atoms with Crippen LogP contribution in [0.15, 0.2) is 6.07 Å². The number of likely N-dealkylation sites (tertiary alicyclic amines) is 1. The van der Waals surface area contributed by atoms with Gasteiger partial charge in [0.15, 0.2) is 23.3 Å². The van der Waals surface area contributed by atoms with Crippen molar-refractivity contribution in [3.05, 3.63) is 34.9 Å². The van der Waals surface area contributed by atoms with Crippen LogP contribution in [0.2, 0.25) is 0 Å². The van der Waals surface area contributed by atoms with Gasteiger partial charge in [0, 0.05) is 25.7 Å². The molecule has 2 aliphatic rings. The first kappa shape index (κ1) is 22.4. The van der Waals surface area contributed by atoms with Gasteiger partial charge in [-0.25, -0.2) is 17.6 Å². The Morgan fingerprint density at radius 2 is 1.79 bits per heavy atom. The van der Waals surface area contributed by atoms with Gasteiger partial charge < -0.3 is 15.5 Å². The van der Waals surface area contributed by atoms with Gasteiger partial charge in [-0.05, 0) is 38.1 Å². The Balaban J connectivity index is 0.00000280. The lowest BCUT2D eigenvalue weighted by Gasteiger charge is -2.33. The topological polar surface area (TPSA) is 61.4 Å². The van der Waals surface area contributed by atoms with E-state index in [9.17, 15) is 27.2 Å². The molecule has 5 nitrogen and oxygen atoms in total. The summed E-state index contributed by atoms with van der Waals surface area (Å²) in [7, 11) is 0. The highest BCUT2D eigenvalue weighted by Gasteiger charge is 2.32. The fourth-order valence-corrected chi connectivity index (χ4v) is 3.61. The Morgan fingerprint density at radius 1 is 1.11 bits per heavy atom. The quantitative estimate of drug-likeness (QED) is 0.577. The van der Waals surface area contributed by atoms with Crippen molar-refractivity contribution in [1.29, 1.82) is 0 Å². The molecular weight excluding hydrogens is 402 g/mol. The van der Waals surface area contributed by atoms with E-state index in [4.69, 9.17) is 0 Å². The number of amides is 2. The van der Waals surface area contributed by atoms with Gasteiger partial charge in [-0.3, -0.25) is 9.59 Å². The van der Waals surface area contributed by atoms with Crippen LogP contribution in [-0.4, -0.2) is 48.9 Å². The first-order valence-corrected chi connectivity index (χ1v) is 9.02. The van der Waals surface area contributed by atoms with E-state index in [0.717, 1.165) is 25.8 Å². The van der Waals surface area contributed by atoms with Gasteiger partial charge in [-0.2, -0.15) is 0 Å². The Bertz CT molecular complexity index is 718. The summed E-state index contributed by atoms with van der Waals surface area (Å²) < 4.78 is 54.5. The molecule has 0 spiro atoms. The first-order chi connectivity index (χ1) is 12.9. The van der Waals surface area contributed by atoms with Crippen LogP contribution in [0.4, 0.5) is 17.6 Å². The van der Waals surface area contributed by atoms with Gasteiger partial charge in [-0.15, -0.1) is 12.4 Å². The Morgan fingerprint density at radius 3 is 2.39 bits per heavy atom. The van der Waals surface area contributed by atoms with Gasteiger partial charge >= 0.3 is 0 Å². The van der Waals surface area contributed by atoms with Gasteiger partial charge in [0.2, 0.25) is 5.91 Å². The minimum atomic E-state index is -1.69. The fourth-order valence-electron chi connectivity index (χ4n) is 3.61. The third kappa shape index (κ3) is 4.75. The molecule has 2 fully saturated rings. The number of nitrogens with zero attached hydrogens (tertiary/aromatic N) is 1. The van der Waals surface area contributed by atoms with Crippen LogP contribution in [0.25, 0.3) is 0 Å². The molecule has 0 radical (unpaired) electrons. The van der Waals surface area contributed by atoms with E-state index in [-0.39, 0.29) is 49.4 Å². The zero-order valence-corrected chi connectivity index (χ0v) is 15.9. The molecule has 0 aliphatic carbocycles. The predicted octanol–water partition coefficient (Wildman–Crippen LogP) is 2.39. The molecule has 2 atom stereocenters. The lowest BCUT2D eigenvalue weighted by molar-refractivity contribution is -0.123. The van der Waals surface area contributed by atoms with E-state index < -0.39 is 34.7 Å². The maximum absolute atomic E-state index is 13.9. The van der Waals surface area contributed by atoms with Crippen molar-refractivity contribution < 1.29 is 27.2 Å². The second kappa shape index (κ2) is 9.56. The summed E-state index contributed by atoms with van der Waals surface area (Å²) in [6.07, 6.45) is 3.00. The van der Waals surface area contributed by atoms with Crippen LogP contribution in [-0.2, 0) is 4.79 Å². The summed E-state index contributed by atoms with van der Waals surface area (Å²) in [5.41, 5.74) is -1.22. The van der Waals surface area contributed by atoms with Crippen molar-refractivity contribution in [2.45, 2.75) is 31.7 Å². The third-order valence-electron chi connectivity index (χ3n) is 5.07. The summed E-state index contributed by atoms with van der Waals surface area (Å²) in [6, 6.07) is -0.141. The molecule has 0 bridgehead atoms. The second-order valence-electron chi connectivity index (χ2n) is 7.00. The summed E-state index contributed by atoms with van der Waals surface area (Å²) >= 11 is 0. The lowest BCUT2D eigenvalue weighted by atomic mass is 9.97. The molecule has 0 aromatic heterocycles. The zero-order chi connectivity index (χ0) is 19.6. The molecule has 3 rings (SSSR count). The van der Waals surface area contributed by atoms with Crippen LogP contribution < -0.4 is 10.6 Å². The van der Waals surface area contributed by atoms with E-state index in [1.165, 1.54) is 4.90 Å². The molecule has 156 valence electrons. The van der Waals surface area contributed by atoms with Gasteiger partial charge in [0.05, 0.1) is 6.04 Å². The highest BCUT2D eigenvalue weighted by atomic mass is 35.5. The Labute approximate surface area is 166 Å². The van der Waals surface area contributed by atoms with Crippen LogP contribution in [0.1, 0.15) is 36.0 Å². The third-order valence-corrected chi connectivity index (χ3v) is 5.07. The van der Waals surface area contributed by atoms with Gasteiger partial charge in [0.1, 0.15) is 5.56 Å². The number of hydrogen-bond donors (Lipinski definition) is 2. The predicted molar refractivity (Wildman–Crippen MR) is 96.2 cm³/mol. The van der Waals surface area contributed by atoms with Crippen molar-refractivity contribution >= 4 is 24.2 Å². The standard InChI is InChI=1S/C18H21F4N3O2.ClH/c19-11-7-12(20)16(22)14(15(11)21)18(27)25-6-2-3-10(9-25)8-24-17(26)13-4-1-5-23-13;/h7,10,13,23H,1-6,8-9H2,(H,24,26);1H. The van der Waals surface area contributed by atoms with Crippen LogP contribution >= 0.6 is 12.4 Å². The Hall–Kier alpha value is -1.87. The molecule has 28 heavy (non-hydrogen) atoms. The highest BCUT2D eigenvalue weighted by molar-refractivity contribution is 5.95. The number of nitrogens with one attached hydrogen (secondary N) is 2. The maximum atomic E-state index is 13.9. The van der Waals surface area contributed by atoms with Crippen molar-refractivity contribution in [3.63, 3.8) is 0 Å². The zero-order valence-electron chi connectivity index (χ0n) is 15.1. The SMILES string of the molecule is Cl.O=C(NCC1CCCN(C(=O)c2c(F)c(F)cc(F)c2F)C1)C1CCCN1. The number of rotatable bonds is 4. The van der Waals surface area contributed by atoms with E-state index >= 15 is 0 Å². The first-order valence-electron chi connectivity index (χ1n) is 9.02. The van der Waals surface area contributed by atoms with E-state index in [1.807, 2.05) is 0 Å². The number of halogens is 5. The summed E-state index contributed by atoms with van der Waals surface area (Å²) in [5, 5.41) is 5.91. The molecule has 2 heterocycles. The summed E-state index contributed by atoms with van der Waals surface area (Å²) in [4.78, 5) is 25.7. The average molecular weight is 424 g/mol. The number of hydrogen-bond acceptors (Lipinski definition) is 3. The number of piperidine rings is 1. The normalized spacial score (nSPS) is 21.9. The molecule has 1 aromatic carbocycles. The van der Waals surface area contributed by atoms with Crippen LogP contribution in [0.3, 0.4) is 0 Å². The van der Waals surface area contributed by atoms with Crippen molar-refractivity contribution in [2.24, 2.45) is 5.92 Å². The smallest absolute Gasteiger partial charge is 0.260 e. The molecule has 2 aliphatic heterocycles. The van der Waals surface area contributed by atoms with E-state index in [1.54, 1.807) is 0 Å².